The van der Waals surface area contributed by atoms with Gasteiger partial charge in [0.2, 0.25) is 0 Å². The molecule has 2 rings (SSSR count). The van der Waals surface area contributed by atoms with Crippen LogP contribution >= 0.6 is 0 Å². The lowest BCUT2D eigenvalue weighted by atomic mass is 10.1. The molecule has 0 atom stereocenters. The maximum absolute atomic E-state index is 14.1. The minimum atomic E-state index is -0.776. The molecule has 1 aliphatic rings. The molecule has 0 saturated carbocycles. The summed E-state index contributed by atoms with van der Waals surface area (Å²) in [5, 5.41) is 5.57. The summed E-state index contributed by atoms with van der Waals surface area (Å²) in [5.41, 5.74) is -0.0114. The molecule has 5 nitrogen and oxygen atoms in total. The molecular formula is C13H18FN3O2S. The lowest BCUT2D eigenvalue weighted by Gasteiger charge is -2.22. The largest absolute Gasteiger partial charge is 0.368 e. The highest BCUT2D eigenvalue weighted by Gasteiger charge is 2.22. The molecule has 0 aromatic carbocycles. The standard InChI is InChI=1S/C13H18FN3O2S/c1-2-15-12-11(14)10(3-6-16-12)13(18)17-9-4-7-20(19)8-5-9/h3,6,9H,2,4-5,7-8H2,1H3,(H,15,16)(H,17,18). The van der Waals surface area contributed by atoms with Crippen LogP contribution in [0.5, 0.6) is 0 Å². The van der Waals surface area contributed by atoms with Crippen molar-refractivity contribution < 1.29 is 13.4 Å². The Morgan fingerprint density at radius 3 is 2.85 bits per heavy atom. The Kier molecular flexibility index (Phi) is 5.05. The van der Waals surface area contributed by atoms with Gasteiger partial charge in [-0.1, -0.05) is 0 Å². The minimum Gasteiger partial charge on any atom is -0.368 e. The van der Waals surface area contributed by atoms with E-state index in [9.17, 15) is 13.4 Å². The van der Waals surface area contributed by atoms with Crippen LogP contribution in [-0.4, -0.2) is 39.2 Å². The normalized spacial score (nSPS) is 22.3. The van der Waals surface area contributed by atoms with Gasteiger partial charge in [-0.15, -0.1) is 0 Å². The fourth-order valence-electron chi connectivity index (χ4n) is 2.11. The Morgan fingerprint density at radius 2 is 2.20 bits per heavy atom. The number of carbonyl (C=O) groups excluding carboxylic acids is 1. The van der Waals surface area contributed by atoms with Crippen molar-refractivity contribution >= 4 is 22.5 Å². The first kappa shape index (κ1) is 14.9. The van der Waals surface area contributed by atoms with Gasteiger partial charge in [-0.2, -0.15) is 0 Å². The van der Waals surface area contributed by atoms with Crippen molar-refractivity contribution in [3.63, 3.8) is 0 Å². The highest BCUT2D eigenvalue weighted by molar-refractivity contribution is 7.85. The van der Waals surface area contributed by atoms with Crippen molar-refractivity contribution in [2.24, 2.45) is 0 Å². The summed E-state index contributed by atoms with van der Waals surface area (Å²) < 4.78 is 25.3. The quantitative estimate of drug-likeness (QED) is 0.879. The van der Waals surface area contributed by atoms with E-state index < -0.39 is 22.5 Å². The topological polar surface area (TPSA) is 71.1 Å². The van der Waals surface area contributed by atoms with E-state index in [0.717, 1.165) is 0 Å². The summed E-state index contributed by atoms with van der Waals surface area (Å²) in [6.07, 6.45) is 2.75. The minimum absolute atomic E-state index is 0.0114. The van der Waals surface area contributed by atoms with Crippen LogP contribution < -0.4 is 10.6 Å². The Labute approximate surface area is 119 Å². The molecule has 0 aliphatic carbocycles. The molecule has 7 heteroatoms. The van der Waals surface area contributed by atoms with Gasteiger partial charge < -0.3 is 10.6 Å². The number of hydrogen-bond acceptors (Lipinski definition) is 4. The number of anilines is 1. The molecule has 2 N–H and O–H groups in total. The smallest absolute Gasteiger partial charge is 0.254 e. The molecule has 0 bridgehead atoms. The maximum atomic E-state index is 14.1. The maximum Gasteiger partial charge on any atom is 0.254 e. The third-order valence-electron chi connectivity index (χ3n) is 3.20. The molecule has 2 heterocycles. The van der Waals surface area contributed by atoms with E-state index in [1.54, 1.807) is 0 Å². The van der Waals surface area contributed by atoms with E-state index in [-0.39, 0.29) is 17.4 Å². The molecule has 110 valence electrons. The zero-order chi connectivity index (χ0) is 14.5. The zero-order valence-electron chi connectivity index (χ0n) is 11.3. The van der Waals surface area contributed by atoms with E-state index in [0.29, 0.717) is 30.9 Å². The number of rotatable bonds is 4. The Balaban J connectivity index is 2.05. The number of halogens is 1. The average molecular weight is 299 g/mol. The third kappa shape index (κ3) is 3.53. The number of nitrogens with zero attached hydrogens (tertiary/aromatic N) is 1. The first-order valence-electron chi connectivity index (χ1n) is 6.66. The number of amides is 1. The van der Waals surface area contributed by atoms with Crippen LogP contribution in [-0.2, 0) is 10.8 Å². The summed E-state index contributed by atoms with van der Waals surface area (Å²) in [4.78, 5) is 16.0. The van der Waals surface area contributed by atoms with Crippen LogP contribution in [0.3, 0.4) is 0 Å². The molecule has 1 amide bonds. The summed E-state index contributed by atoms with van der Waals surface area (Å²) in [6, 6.07) is 1.34. The summed E-state index contributed by atoms with van der Waals surface area (Å²) in [6.45, 7) is 2.36. The predicted octanol–water partition coefficient (Wildman–Crippen LogP) is 1.29. The third-order valence-corrected chi connectivity index (χ3v) is 4.58. The van der Waals surface area contributed by atoms with E-state index in [4.69, 9.17) is 0 Å². The van der Waals surface area contributed by atoms with Crippen molar-refractivity contribution in [2.75, 3.05) is 23.4 Å². The molecule has 1 fully saturated rings. The second-order valence-corrected chi connectivity index (χ2v) is 6.34. The van der Waals surface area contributed by atoms with E-state index >= 15 is 0 Å². The van der Waals surface area contributed by atoms with Crippen molar-refractivity contribution in [3.8, 4) is 0 Å². The van der Waals surface area contributed by atoms with Crippen LogP contribution in [0.4, 0.5) is 10.2 Å². The number of pyridine rings is 1. The van der Waals surface area contributed by atoms with E-state index in [1.165, 1.54) is 12.3 Å². The SMILES string of the molecule is CCNc1nccc(C(=O)NC2CCS(=O)CC2)c1F. The van der Waals surface area contributed by atoms with Gasteiger partial charge in [-0.05, 0) is 25.8 Å². The summed E-state index contributed by atoms with van der Waals surface area (Å²) in [7, 11) is -0.776. The molecule has 1 aromatic rings. The molecule has 20 heavy (non-hydrogen) atoms. The first-order valence-corrected chi connectivity index (χ1v) is 8.14. The van der Waals surface area contributed by atoms with Gasteiger partial charge in [-0.25, -0.2) is 9.37 Å². The van der Waals surface area contributed by atoms with Crippen LogP contribution in [0.15, 0.2) is 12.3 Å². The Hall–Kier alpha value is -1.50. The molecule has 1 aromatic heterocycles. The lowest BCUT2D eigenvalue weighted by molar-refractivity contribution is 0.0930. The Morgan fingerprint density at radius 1 is 1.50 bits per heavy atom. The van der Waals surface area contributed by atoms with Gasteiger partial charge in [0, 0.05) is 41.1 Å². The molecule has 0 radical (unpaired) electrons. The first-order chi connectivity index (χ1) is 9.61. The summed E-state index contributed by atoms with van der Waals surface area (Å²) >= 11 is 0. The monoisotopic (exact) mass is 299 g/mol. The van der Waals surface area contributed by atoms with Gasteiger partial charge in [0.15, 0.2) is 11.6 Å². The predicted molar refractivity (Wildman–Crippen MR) is 76.7 cm³/mol. The van der Waals surface area contributed by atoms with Crippen LogP contribution in [0.1, 0.15) is 30.1 Å². The van der Waals surface area contributed by atoms with Gasteiger partial charge in [0.1, 0.15) is 0 Å². The van der Waals surface area contributed by atoms with Crippen LogP contribution in [0.25, 0.3) is 0 Å². The van der Waals surface area contributed by atoms with Gasteiger partial charge >= 0.3 is 0 Å². The van der Waals surface area contributed by atoms with Crippen molar-refractivity contribution in [3.05, 3.63) is 23.6 Å². The number of aromatic nitrogens is 1. The second-order valence-electron chi connectivity index (χ2n) is 4.65. The van der Waals surface area contributed by atoms with Crippen molar-refractivity contribution in [1.29, 1.82) is 0 Å². The molecule has 0 spiro atoms. The molecule has 1 aliphatic heterocycles. The highest BCUT2D eigenvalue weighted by atomic mass is 32.2. The number of nitrogens with one attached hydrogen (secondary N) is 2. The van der Waals surface area contributed by atoms with E-state index in [2.05, 4.69) is 15.6 Å². The summed E-state index contributed by atoms with van der Waals surface area (Å²) in [5.74, 6) is 0.191. The highest BCUT2D eigenvalue weighted by Crippen LogP contribution is 2.16. The van der Waals surface area contributed by atoms with Gasteiger partial charge in [0.05, 0.1) is 5.56 Å². The van der Waals surface area contributed by atoms with Gasteiger partial charge in [0.25, 0.3) is 5.91 Å². The fourth-order valence-corrected chi connectivity index (χ4v) is 3.41. The average Bonchev–Trinajstić information content (AvgIpc) is 2.44. The molecular weight excluding hydrogens is 281 g/mol. The zero-order valence-corrected chi connectivity index (χ0v) is 12.1. The van der Waals surface area contributed by atoms with Crippen LogP contribution in [0, 0.1) is 5.82 Å². The fraction of sp³-hybridized carbons (Fsp3) is 0.538. The molecule has 0 unspecified atom stereocenters. The van der Waals surface area contributed by atoms with Gasteiger partial charge in [-0.3, -0.25) is 9.00 Å². The second kappa shape index (κ2) is 6.78. The Bertz CT molecular complexity index is 514. The number of carbonyl (C=O) groups is 1. The van der Waals surface area contributed by atoms with E-state index in [1.807, 2.05) is 6.92 Å². The van der Waals surface area contributed by atoms with Crippen LogP contribution in [0.2, 0.25) is 0 Å². The lowest BCUT2D eigenvalue weighted by Crippen LogP contribution is -2.39. The molecule has 1 saturated heterocycles. The van der Waals surface area contributed by atoms with Crippen molar-refractivity contribution in [2.45, 2.75) is 25.8 Å². The number of hydrogen-bond donors (Lipinski definition) is 2. The van der Waals surface area contributed by atoms with Crippen molar-refractivity contribution in [1.82, 2.24) is 10.3 Å².